The van der Waals surface area contributed by atoms with Crippen molar-refractivity contribution in [1.29, 1.82) is 0 Å². The van der Waals surface area contributed by atoms with Gasteiger partial charge in [-0.05, 0) is 80.1 Å². The van der Waals surface area contributed by atoms with E-state index in [1.165, 1.54) is 6.21 Å². The summed E-state index contributed by atoms with van der Waals surface area (Å²) in [5.74, 6) is 0.418. The van der Waals surface area contributed by atoms with Crippen molar-refractivity contribution in [1.82, 2.24) is 5.43 Å². The minimum Gasteiger partial charge on any atom is -0.494 e. The van der Waals surface area contributed by atoms with Crippen molar-refractivity contribution < 1.29 is 23.8 Å². The zero-order valence-corrected chi connectivity index (χ0v) is 19.0. The van der Waals surface area contributed by atoms with E-state index in [9.17, 15) is 9.59 Å². The van der Waals surface area contributed by atoms with Gasteiger partial charge in [0.15, 0.2) is 11.5 Å². The van der Waals surface area contributed by atoms with Crippen LogP contribution in [0.1, 0.15) is 40.1 Å². The molecule has 0 saturated heterocycles. The molecule has 33 heavy (non-hydrogen) atoms. The van der Waals surface area contributed by atoms with Gasteiger partial charge in [-0.3, -0.25) is 4.79 Å². The summed E-state index contributed by atoms with van der Waals surface area (Å²) >= 11 is 5.90. The number of hydrogen-bond acceptors (Lipinski definition) is 6. The van der Waals surface area contributed by atoms with Gasteiger partial charge >= 0.3 is 5.97 Å². The van der Waals surface area contributed by atoms with Crippen LogP contribution in [-0.2, 0) is 0 Å². The summed E-state index contributed by atoms with van der Waals surface area (Å²) in [6.45, 7) is 4.63. The highest BCUT2D eigenvalue weighted by Crippen LogP contribution is 2.29. The van der Waals surface area contributed by atoms with E-state index in [0.29, 0.717) is 46.4 Å². The normalized spacial score (nSPS) is 10.6. The Balaban J connectivity index is 1.68. The van der Waals surface area contributed by atoms with Crippen LogP contribution in [0, 0.1) is 0 Å². The van der Waals surface area contributed by atoms with Crippen molar-refractivity contribution in [3.63, 3.8) is 0 Å². The molecule has 3 aromatic rings. The number of nitrogens with zero attached hydrogens (tertiary/aromatic N) is 1. The lowest BCUT2D eigenvalue weighted by atomic mass is 10.2. The van der Waals surface area contributed by atoms with Gasteiger partial charge < -0.3 is 14.2 Å². The summed E-state index contributed by atoms with van der Waals surface area (Å²) < 4.78 is 16.5. The fraction of sp³-hybridized carbons (Fsp3) is 0.160. The van der Waals surface area contributed by atoms with E-state index in [0.717, 1.165) is 0 Å². The molecule has 0 aliphatic carbocycles. The lowest BCUT2D eigenvalue weighted by Gasteiger charge is -2.11. The second kappa shape index (κ2) is 11.7. The Kier molecular flexibility index (Phi) is 8.43. The third kappa shape index (κ3) is 6.82. The molecule has 1 N–H and O–H groups in total. The standard InChI is InChI=1S/C25H23ClN2O5/c1-3-31-21-11-9-18(10-12-21)25(30)33-22-13-8-17(14-23(22)32-4-2)16-27-28-24(29)19-6-5-7-20(26)15-19/h5-16H,3-4H2,1-2H3,(H,28,29)/b27-16-. The smallest absolute Gasteiger partial charge is 0.343 e. The van der Waals surface area contributed by atoms with E-state index in [-0.39, 0.29) is 11.7 Å². The van der Waals surface area contributed by atoms with Gasteiger partial charge in [-0.25, -0.2) is 10.2 Å². The molecule has 0 spiro atoms. The van der Waals surface area contributed by atoms with E-state index in [1.54, 1.807) is 66.7 Å². The number of halogens is 1. The first kappa shape index (κ1) is 23.8. The van der Waals surface area contributed by atoms with Gasteiger partial charge in [0.1, 0.15) is 5.75 Å². The maximum atomic E-state index is 12.5. The molecule has 0 bridgehead atoms. The van der Waals surface area contributed by atoms with Crippen LogP contribution in [0.2, 0.25) is 5.02 Å². The highest BCUT2D eigenvalue weighted by molar-refractivity contribution is 6.30. The van der Waals surface area contributed by atoms with E-state index in [4.69, 9.17) is 25.8 Å². The van der Waals surface area contributed by atoms with Crippen molar-refractivity contribution in [2.24, 2.45) is 5.10 Å². The second-order valence-electron chi connectivity index (χ2n) is 6.70. The van der Waals surface area contributed by atoms with Crippen LogP contribution >= 0.6 is 11.6 Å². The Morgan fingerprint density at radius 1 is 0.909 bits per heavy atom. The van der Waals surface area contributed by atoms with Gasteiger partial charge in [0.05, 0.1) is 25.0 Å². The quantitative estimate of drug-likeness (QED) is 0.205. The molecule has 170 valence electrons. The van der Waals surface area contributed by atoms with Crippen molar-refractivity contribution in [2.45, 2.75) is 13.8 Å². The zero-order chi connectivity index (χ0) is 23.6. The zero-order valence-electron chi connectivity index (χ0n) is 18.2. The topological polar surface area (TPSA) is 86.2 Å². The number of carbonyl (C=O) groups is 2. The van der Waals surface area contributed by atoms with Gasteiger partial charge in [-0.1, -0.05) is 17.7 Å². The van der Waals surface area contributed by atoms with Crippen molar-refractivity contribution >= 4 is 29.7 Å². The van der Waals surface area contributed by atoms with Gasteiger partial charge in [0.2, 0.25) is 0 Å². The van der Waals surface area contributed by atoms with Crippen molar-refractivity contribution in [3.05, 3.63) is 88.4 Å². The molecule has 0 heterocycles. The van der Waals surface area contributed by atoms with Crippen molar-refractivity contribution in [3.8, 4) is 17.2 Å². The number of hydrogen-bond donors (Lipinski definition) is 1. The molecule has 0 unspecified atom stereocenters. The molecular weight excluding hydrogens is 444 g/mol. The minimum atomic E-state index is -0.519. The Hall–Kier alpha value is -3.84. The minimum absolute atomic E-state index is 0.274. The third-order valence-corrected chi connectivity index (χ3v) is 4.57. The van der Waals surface area contributed by atoms with E-state index in [2.05, 4.69) is 10.5 Å². The molecule has 0 radical (unpaired) electrons. The number of hydrazone groups is 1. The number of benzene rings is 3. The summed E-state index contributed by atoms with van der Waals surface area (Å²) in [4.78, 5) is 24.7. The Bertz CT molecular complexity index is 1150. The molecule has 7 nitrogen and oxygen atoms in total. The number of carbonyl (C=O) groups excluding carboxylic acids is 2. The molecule has 0 aromatic heterocycles. The van der Waals surface area contributed by atoms with Gasteiger partial charge in [-0.15, -0.1) is 0 Å². The predicted octanol–water partition coefficient (Wildman–Crippen LogP) is 5.12. The second-order valence-corrected chi connectivity index (χ2v) is 7.13. The van der Waals surface area contributed by atoms with Crippen LogP contribution in [0.3, 0.4) is 0 Å². The average Bonchev–Trinajstić information content (AvgIpc) is 2.81. The molecule has 3 aromatic carbocycles. The highest BCUT2D eigenvalue weighted by atomic mass is 35.5. The maximum absolute atomic E-state index is 12.5. The van der Waals surface area contributed by atoms with E-state index < -0.39 is 5.97 Å². The summed E-state index contributed by atoms with van der Waals surface area (Å²) in [5, 5.41) is 4.43. The molecule has 0 atom stereocenters. The Morgan fingerprint density at radius 2 is 1.67 bits per heavy atom. The summed E-state index contributed by atoms with van der Waals surface area (Å²) in [6, 6.07) is 18.2. The lowest BCUT2D eigenvalue weighted by molar-refractivity contribution is 0.0728. The number of rotatable bonds is 9. The first-order valence-electron chi connectivity index (χ1n) is 10.3. The van der Waals surface area contributed by atoms with Crippen LogP contribution in [0.15, 0.2) is 71.8 Å². The van der Waals surface area contributed by atoms with E-state index in [1.807, 2.05) is 13.8 Å². The Morgan fingerprint density at radius 3 is 2.36 bits per heavy atom. The molecule has 1 amide bonds. The lowest BCUT2D eigenvalue weighted by Crippen LogP contribution is -2.17. The summed E-state index contributed by atoms with van der Waals surface area (Å²) in [6.07, 6.45) is 1.46. The maximum Gasteiger partial charge on any atom is 0.343 e. The molecule has 8 heteroatoms. The van der Waals surface area contributed by atoms with E-state index >= 15 is 0 Å². The molecule has 0 fully saturated rings. The number of esters is 1. The number of amides is 1. The van der Waals surface area contributed by atoms with Crippen molar-refractivity contribution in [2.75, 3.05) is 13.2 Å². The summed E-state index contributed by atoms with van der Waals surface area (Å²) in [7, 11) is 0. The fourth-order valence-electron chi connectivity index (χ4n) is 2.83. The first-order chi connectivity index (χ1) is 16.0. The summed E-state index contributed by atoms with van der Waals surface area (Å²) in [5.41, 5.74) is 3.87. The average molecular weight is 467 g/mol. The number of nitrogens with one attached hydrogen (secondary N) is 1. The van der Waals surface area contributed by atoms with Gasteiger partial charge in [-0.2, -0.15) is 5.10 Å². The van der Waals surface area contributed by atoms with Crippen LogP contribution in [0.5, 0.6) is 17.2 Å². The molecule has 3 rings (SSSR count). The third-order valence-electron chi connectivity index (χ3n) is 4.34. The fourth-order valence-corrected chi connectivity index (χ4v) is 3.02. The molecule has 0 saturated carbocycles. The highest BCUT2D eigenvalue weighted by Gasteiger charge is 2.13. The SMILES string of the molecule is CCOc1ccc(C(=O)Oc2ccc(/C=N\NC(=O)c3cccc(Cl)c3)cc2OCC)cc1. The van der Waals surface area contributed by atoms with Crippen LogP contribution in [0.4, 0.5) is 0 Å². The molecular formula is C25H23ClN2O5. The van der Waals surface area contributed by atoms with Crippen LogP contribution in [-0.4, -0.2) is 31.3 Å². The Labute approximate surface area is 196 Å². The van der Waals surface area contributed by atoms with Gasteiger partial charge in [0.25, 0.3) is 5.91 Å². The first-order valence-corrected chi connectivity index (χ1v) is 10.7. The monoisotopic (exact) mass is 466 g/mol. The predicted molar refractivity (Wildman–Crippen MR) is 127 cm³/mol. The molecule has 0 aliphatic rings. The molecule has 0 aliphatic heterocycles. The largest absolute Gasteiger partial charge is 0.494 e. The van der Waals surface area contributed by atoms with Crippen LogP contribution < -0.4 is 19.6 Å². The van der Waals surface area contributed by atoms with Crippen LogP contribution in [0.25, 0.3) is 0 Å². The number of ether oxygens (including phenoxy) is 3. The van der Waals surface area contributed by atoms with Gasteiger partial charge in [0, 0.05) is 10.6 Å².